The van der Waals surface area contributed by atoms with Gasteiger partial charge in [0.1, 0.15) is 24.6 Å². The average Bonchev–Trinajstić information content (AvgIpc) is 3.36. The lowest BCUT2D eigenvalue weighted by Crippen LogP contribution is -2.56. The third-order valence-electron chi connectivity index (χ3n) is 4.84. The van der Waals surface area contributed by atoms with Gasteiger partial charge in [-0.25, -0.2) is 0 Å². The Morgan fingerprint density at radius 2 is 1.96 bits per heavy atom. The predicted octanol–water partition coefficient (Wildman–Crippen LogP) is -0.175. The monoisotopic (exact) mass is 356 g/mol. The summed E-state index contributed by atoms with van der Waals surface area (Å²) in [5.41, 5.74) is 0. The van der Waals surface area contributed by atoms with E-state index in [0.717, 1.165) is 12.8 Å². The number of aliphatic hydroxyl groups excluding tert-OH is 4. The molecule has 0 aromatic carbocycles. The van der Waals surface area contributed by atoms with E-state index in [0.29, 0.717) is 12.0 Å². The molecule has 0 saturated heterocycles. The number of hydrogen-bond donors (Lipinski definition) is 4. The van der Waals surface area contributed by atoms with Crippen LogP contribution in [0.15, 0.2) is 16.5 Å². The fraction of sp³-hybridized carbons (Fsp3) is 0.706. The molecule has 0 bridgehead atoms. The van der Waals surface area contributed by atoms with Crippen LogP contribution < -0.4 is 0 Å². The molecule has 1 heterocycles. The fourth-order valence-corrected chi connectivity index (χ4v) is 3.12. The highest BCUT2D eigenvalue weighted by atomic mass is 16.7. The van der Waals surface area contributed by atoms with Crippen LogP contribution in [-0.4, -0.2) is 64.0 Å². The van der Waals surface area contributed by atoms with Crippen molar-refractivity contribution in [3.05, 3.63) is 23.7 Å². The number of rotatable bonds is 8. The van der Waals surface area contributed by atoms with Crippen LogP contribution in [0.3, 0.4) is 0 Å². The Balaban J connectivity index is 1.60. The summed E-state index contributed by atoms with van der Waals surface area (Å²) in [6.07, 6.45) is -2.47. The second kappa shape index (κ2) is 7.94. The molecule has 0 amide bonds. The van der Waals surface area contributed by atoms with Crippen LogP contribution in [0.1, 0.15) is 35.6 Å². The molecular weight excluding hydrogens is 332 g/mol. The van der Waals surface area contributed by atoms with Crippen molar-refractivity contribution >= 4 is 6.29 Å². The van der Waals surface area contributed by atoms with E-state index >= 15 is 0 Å². The van der Waals surface area contributed by atoms with Crippen molar-refractivity contribution in [2.24, 2.45) is 11.8 Å². The van der Waals surface area contributed by atoms with Crippen molar-refractivity contribution in [2.75, 3.05) is 6.61 Å². The van der Waals surface area contributed by atoms with Gasteiger partial charge in [-0.1, -0.05) is 0 Å². The third-order valence-corrected chi connectivity index (χ3v) is 4.84. The van der Waals surface area contributed by atoms with Gasteiger partial charge in [-0.3, -0.25) is 4.79 Å². The molecule has 8 nitrogen and oxygen atoms in total. The standard InChI is InChI=1S/C17H24O8/c18-6-10-5-13(15(21)16(22)14(10)20)25-17(9-1-2-9)23-8-12-4-3-11(7-19)24-12/h3-4,7,9-10,13-18,20-22H,1-2,5-6,8H2. The molecule has 2 saturated carbocycles. The van der Waals surface area contributed by atoms with E-state index in [1.807, 2.05) is 0 Å². The van der Waals surface area contributed by atoms with E-state index in [2.05, 4.69) is 0 Å². The van der Waals surface area contributed by atoms with Gasteiger partial charge in [0.2, 0.25) is 0 Å². The van der Waals surface area contributed by atoms with Gasteiger partial charge in [0, 0.05) is 18.4 Å². The molecule has 2 aliphatic rings. The average molecular weight is 356 g/mol. The lowest BCUT2D eigenvalue weighted by atomic mass is 9.81. The first-order chi connectivity index (χ1) is 12.0. The van der Waals surface area contributed by atoms with Gasteiger partial charge in [-0.05, 0) is 31.4 Å². The molecule has 2 fully saturated rings. The Labute approximate surface area is 145 Å². The molecule has 140 valence electrons. The highest BCUT2D eigenvalue weighted by Gasteiger charge is 2.45. The summed E-state index contributed by atoms with van der Waals surface area (Å²) in [7, 11) is 0. The zero-order valence-corrected chi connectivity index (χ0v) is 13.7. The van der Waals surface area contributed by atoms with E-state index in [1.165, 1.54) is 0 Å². The van der Waals surface area contributed by atoms with Crippen molar-refractivity contribution in [2.45, 2.75) is 56.6 Å². The van der Waals surface area contributed by atoms with Crippen LogP contribution in [-0.2, 0) is 16.1 Å². The molecule has 1 aromatic rings. The molecule has 8 heteroatoms. The minimum Gasteiger partial charge on any atom is -0.456 e. The summed E-state index contributed by atoms with van der Waals surface area (Å²) in [6, 6.07) is 3.19. The second-order valence-corrected chi connectivity index (χ2v) is 6.76. The molecule has 2 aliphatic carbocycles. The van der Waals surface area contributed by atoms with Crippen molar-refractivity contribution in [3.8, 4) is 0 Å². The van der Waals surface area contributed by atoms with E-state index < -0.39 is 36.6 Å². The Hall–Kier alpha value is -1.29. The third kappa shape index (κ3) is 4.28. The van der Waals surface area contributed by atoms with Crippen molar-refractivity contribution in [1.82, 2.24) is 0 Å². The SMILES string of the molecule is O=Cc1ccc(COC(OC2CC(CO)C(O)C(O)C2O)C2CC2)o1. The van der Waals surface area contributed by atoms with Gasteiger partial charge in [-0.2, -0.15) is 0 Å². The quantitative estimate of drug-likeness (QED) is 0.373. The molecule has 3 rings (SSSR count). The highest BCUT2D eigenvalue weighted by molar-refractivity contribution is 5.70. The molecule has 0 aliphatic heterocycles. The number of ether oxygens (including phenoxy) is 2. The lowest BCUT2D eigenvalue weighted by Gasteiger charge is -2.40. The summed E-state index contributed by atoms with van der Waals surface area (Å²) in [5, 5.41) is 39.3. The van der Waals surface area contributed by atoms with Crippen LogP contribution >= 0.6 is 0 Å². The molecule has 6 unspecified atom stereocenters. The Morgan fingerprint density at radius 3 is 2.56 bits per heavy atom. The number of hydrogen-bond acceptors (Lipinski definition) is 8. The molecular formula is C17H24O8. The van der Waals surface area contributed by atoms with E-state index in [9.17, 15) is 25.2 Å². The number of aliphatic hydroxyl groups is 4. The summed E-state index contributed by atoms with van der Waals surface area (Å²) >= 11 is 0. The van der Waals surface area contributed by atoms with Crippen LogP contribution in [0.5, 0.6) is 0 Å². The molecule has 6 atom stereocenters. The minimum absolute atomic E-state index is 0.117. The second-order valence-electron chi connectivity index (χ2n) is 6.76. The highest BCUT2D eigenvalue weighted by Crippen LogP contribution is 2.38. The van der Waals surface area contributed by atoms with Crippen molar-refractivity contribution < 1.29 is 39.1 Å². The van der Waals surface area contributed by atoms with Gasteiger partial charge >= 0.3 is 0 Å². The van der Waals surface area contributed by atoms with Crippen LogP contribution in [0.4, 0.5) is 0 Å². The summed E-state index contributed by atoms with van der Waals surface area (Å²) in [6.45, 7) is -0.187. The van der Waals surface area contributed by atoms with E-state index in [-0.39, 0.29) is 31.3 Å². The lowest BCUT2D eigenvalue weighted by molar-refractivity contribution is -0.246. The van der Waals surface area contributed by atoms with Gasteiger partial charge in [-0.15, -0.1) is 0 Å². The maximum atomic E-state index is 10.6. The summed E-state index contributed by atoms with van der Waals surface area (Å²) in [4.78, 5) is 10.6. The Kier molecular flexibility index (Phi) is 5.88. The predicted molar refractivity (Wildman–Crippen MR) is 83.5 cm³/mol. The largest absolute Gasteiger partial charge is 0.456 e. The zero-order chi connectivity index (χ0) is 18.0. The van der Waals surface area contributed by atoms with Crippen LogP contribution in [0.2, 0.25) is 0 Å². The first-order valence-electron chi connectivity index (χ1n) is 8.49. The van der Waals surface area contributed by atoms with E-state index in [4.69, 9.17) is 13.9 Å². The van der Waals surface area contributed by atoms with Crippen LogP contribution in [0.25, 0.3) is 0 Å². The van der Waals surface area contributed by atoms with Gasteiger partial charge in [0.25, 0.3) is 0 Å². The minimum atomic E-state index is -1.38. The fourth-order valence-electron chi connectivity index (χ4n) is 3.12. The first kappa shape index (κ1) is 18.5. The number of carbonyl (C=O) groups excluding carboxylic acids is 1. The Morgan fingerprint density at radius 1 is 1.20 bits per heavy atom. The molecule has 4 N–H and O–H groups in total. The molecule has 0 radical (unpaired) electrons. The number of aldehydes is 1. The topological polar surface area (TPSA) is 130 Å². The molecule has 0 spiro atoms. The van der Waals surface area contributed by atoms with Gasteiger partial charge in [0.05, 0.1) is 12.2 Å². The number of carbonyl (C=O) groups is 1. The molecule has 1 aromatic heterocycles. The summed E-state index contributed by atoms with van der Waals surface area (Å²) in [5.74, 6) is 0.324. The zero-order valence-electron chi connectivity index (χ0n) is 13.7. The van der Waals surface area contributed by atoms with E-state index in [1.54, 1.807) is 12.1 Å². The first-order valence-corrected chi connectivity index (χ1v) is 8.49. The maximum absolute atomic E-state index is 10.6. The smallest absolute Gasteiger partial charge is 0.185 e. The normalized spacial score (nSPS) is 34.0. The Bertz CT molecular complexity index is 567. The van der Waals surface area contributed by atoms with Gasteiger partial charge in [0.15, 0.2) is 18.3 Å². The summed E-state index contributed by atoms with van der Waals surface area (Å²) < 4.78 is 16.9. The van der Waals surface area contributed by atoms with Crippen LogP contribution in [0, 0.1) is 11.8 Å². The number of furan rings is 1. The van der Waals surface area contributed by atoms with Crippen molar-refractivity contribution in [3.63, 3.8) is 0 Å². The van der Waals surface area contributed by atoms with Gasteiger partial charge < -0.3 is 34.3 Å². The van der Waals surface area contributed by atoms with Crippen molar-refractivity contribution in [1.29, 1.82) is 0 Å². The maximum Gasteiger partial charge on any atom is 0.185 e. The molecule has 25 heavy (non-hydrogen) atoms.